The number of benzene rings is 1. The highest BCUT2D eigenvalue weighted by Gasteiger charge is 2.29. The van der Waals surface area contributed by atoms with Crippen molar-refractivity contribution >= 4 is 27.1 Å². The molecule has 0 atom stereocenters. The van der Waals surface area contributed by atoms with E-state index >= 15 is 0 Å². The first-order chi connectivity index (χ1) is 12.0. The number of aryl methyl sites for hydroxylation is 1. The number of hydrogen-bond donors (Lipinski definition) is 0. The molecule has 1 aromatic carbocycles. The standard InChI is InChI=1S/C18H22N2O3S2/c1-2-15-5-7-16(8-6-15)17(21)14-19-9-11-20(12-10-19)25(22,23)18-4-3-13-24-18/h3-8,13H,2,9-12,14H2,1H3. The van der Waals surface area contributed by atoms with Gasteiger partial charge in [-0.2, -0.15) is 4.31 Å². The largest absolute Gasteiger partial charge is 0.293 e. The summed E-state index contributed by atoms with van der Waals surface area (Å²) in [7, 11) is -3.39. The third-order valence-corrected chi connectivity index (χ3v) is 7.74. The number of carbonyl (C=O) groups excluding carboxylic acids is 1. The van der Waals surface area contributed by atoms with Gasteiger partial charge in [0.15, 0.2) is 5.78 Å². The summed E-state index contributed by atoms with van der Waals surface area (Å²) in [5.41, 5.74) is 1.93. The fourth-order valence-corrected chi connectivity index (χ4v) is 5.45. The molecule has 134 valence electrons. The molecule has 2 aromatic rings. The zero-order chi connectivity index (χ0) is 17.9. The van der Waals surface area contributed by atoms with E-state index in [0.29, 0.717) is 42.5 Å². The van der Waals surface area contributed by atoms with Gasteiger partial charge >= 0.3 is 0 Å². The molecule has 1 saturated heterocycles. The highest BCUT2D eigenvalue weighted by molar-refractivity contribution is 7.91. The van der Waals surface area contributed by atoms with E-state index in [0.717, 1.165) is 6.42 Å². The van der Waals surface area contributed by atoms with Gasteiger partial charge in [0.05, 0.1) is 6.54 Å². The predicted octanol–water partition coefficient (Wildman–Crippen LogP) is 2.50. The van der Waals surface area contributed by atoms with E-state index in [9.17, 15) is 13.2 Å². The second-order valence-electron chi connectivity index (χ2n) is 6.09. The lowest BCUT2D eigenvalue weighted by atomic mass is 10.1. The summed E-state index contributed by atoms with van der Waals surface area (Å²) in [6.07, 6.45) is 0.954. The maximum absolute atomic E-state index is 12.5. The third kappa shape index (κ3) is 4.17. The number of hydrogen-bond acceptors (Lipinski definition) is 5. The number of sulfonamides is 1. The van der Waals surface area contributed by atoms with Crippen molar-refractivity contribution < 1.29 is 13.2 Å². The van der Waals surface area contributed by atoms with Gasteiger partial charge in [0.2, 0.25) is 0 Å². The summed E-state index contributed by atoms with van der Waals surface area (Å²) in [5, 5.41) is 1.77. The number of carbonyl (C=O) groups is 1. The number of nitrogens with zero attached hydrogens (tertiary/aromatic N) is 2. The van der Waals surface area contributed by atoms with Crippen molar-refractivity contribution in [1.29, 1.82) is 0 Å². The second-order valence-corrected chi connectivity index (χ2v) is 9.20. The number of rotatable bonds is 6. The zero-order valence-electron chi connectivity index (χ0n) is 14.2. The summed E-state index contributed by atoms with van der Waals surface area (Å²) >= 11 is 1.24. The Morgan fingerprint density at radius 1 is 1.08 bits per heavy atom. The molecule has 0 radical (unpaired) electrons. The van der Waals surface area contributed by atoms with Gasteiger partial charge in [0, 0.05) is 31.7 Å². The second kappa shape index (κ2) is 7.78. The van der Waals surface area contributed by atoms with Crippen molar-refractivity contribution in [1.82, 2.24) is 9.21 Å². The maximum atomic E-state index is 12.5. The van der Waals surface area contributed by atoms with Gasteiger partial charge in [0.1, 0.15) is 4.21 Å². The number of piperazine rings is 1. The van der Waals surface area contributed by atoms with E-state index in [-0.39, 0.29) is 5.78 Å². The molecule has 1 aromatic heterocycles. The van der Waals surface area contributed by atoms with Gasteiger partial charge in [-0.05, 0) is 23.4 Å². The van der Waals surface area contributed by atoms with Crippen LogP contribution in [0.5, 0.6) is 0 Å². The summed E-state index contributed by atoms with van der Waals surface area (Å²) < 4.78 is 26.9. The van der Waals surface area contributed by atoms with Crippen LogP contribution >= 0.6 is 11.3 Å². The quantitative estimate of drug-likeness (QED) is 0.725. The Morgan fingerprint density at radius 2 is 1.76 bits per heavy atom. The molecular formula is C18H22N2O3S2. The normalized spacial score (nSPS) is 16.8. The highest BCUT2D eigenvalue weighted by atomic mass is 32.2. The predicted molar refractivity (Wildman–Crippen MR) is 99.7 cm³/mol. The summed E-state index contributed by atoms with van der Waals surface area (Å²) in [6, 6.07) is 11.1. The van der Waals surface area contributed by atoms with Crippen molar-refractivity contribution in [3.8, 4) is 0 Å². The number of thiophene rings is 1. The van der Waals surface area contributed by atoms with Crippen LogP contribution in [0, 0.1) is 0 Å². The van der Waals surface area contributed by atoms with Gasteiger partial charge < -0.3 is 0 Å². The molecule has 0 unspecified atom stereocenters. The van der Waals surface area contributed by atoms with E-state index in [1.807, 2.05) is 29.2 Å². The lowest BCUT2D eigenvalue weighted by molar-refractivity contribution is 0.0902. The highest BCUT2D eigenvalue weighted by Crippen LogP contribution is 2.22. The topological polar surface area (TPSA) is 57.7 Å². The Kier molecular flexibility index (Phi) is 5.68. The van der Waals surface area contributed by atoms with Crippen LogP contribution < -0.4 is 0 Å². The molecule has 0 saturated carbocycles. The van der Waals surface area contributed by atoms with Crippen LogP contribution in [-0.4, -0.2) is 56.1 Å². The molecule has 7 heteroatoms. The molecule has 1 aliphatic heterocycles. The van der Waals surface area contributed by atoms with Crippen LogP contribution in [0.1, 0.15) is 22.8 Å². The van der Waals surface area contributed by atoms with E-state index in [2.05, 4.69) is 6.92 Å². The van der Waals surface area contributed by atoms with Crippen molar-refractivity contribution in [2.24, 2.45) is 0 Å². The summed E-state index contributed by atoms with van der Waals surface area (Å²) in [5.74, 6) is 0.0808. The van der Waals surface area contributed by atoms with Crippen LogP contribution in [0.2, 0.25) is 0 Å². The molecule has 0 aliphatic carbocycles. The Bertz CT molecular complexity index is 807. The molecule has 1 aliphatic rings. The van der Waals surface area contributed by atoms with Gasteiger partial charge in [0.25, 0.3) is 10.0 Å². The van der Waals surface area contributed by atoms with Gasteiger partial charge in [-0.25, -0.2) is 8.42 Å². The number of ketones is 1. The lowest BCUT2D eigenvalue weighted by Crippen LogP contribution is -2.49. The molecule has 1 fully saturated rings. The Hall–Kier alpha value is -1.54. The maximum Gasteiger partial charge on any atom is 0.252 e. The molecule has 0 amide bonds. The summed E-state index contributed by atoms with van der Waals surface area (Å²) in [4.78, 5) is 14.4. The van der Waals surface area contributed by atoms with Crippen molar-refractivity contribution in [3.63, 3.8) is 0 Å². The van der Waals surface area contributed by atoms with Crippen LogP contribution in [0.15, 0.2) is 46.0 Å². The SMILES string of the molecule is CCc1ccc(C(=O)CN2CCN(S(=O)(=O)c3cccs3)CC2)cc1. The molecule has 0 N–H and O–H groups in total. The van der Waals surface area contributed by atoms with Crippen LogP contribution in [0.4, 0.5) is 0 Å². The van der Waals surface area contributed by atoms with Gasteiger partial charge in [-0.1, -0.05) is 37.3 Å². The fourth-order valence-electron chi connectivity index (χ4n) is 2.89. The van der Waals surface area contributed by atoms with Gasteiger partial charge in [-0.15, -0.1) is 11.3 Å². The molecular weight excluding hydrogens is 356 g/mol. The van der Waals surface area contributed by atoms with E-state index < -0.39 is 10.0 Å². The lowest BCUT2D eigenvalue weighted by Gasteiger charge is -2.33. The molecule has 3 rings (SSSR count). The first kappa shape index (κ1) is 18.3. The van der Waals surface area contributed by atoms with E-state index in [1.54, 1.807) is 17.5 Å². The molecule has 0 spiro atoms. The van der Waals surface area contributed by atoms with Crippen molar-refractivity contribution in [3.05, 3.63) is 52.9 Å². The first-order valence-corrected chi connectivity index (χ1v) is 10.7. The monoisotopic (exact) mass is 378 g/mol. The minimum absolute atomic E-state index is 0.0808. The van der Waals surface area contributed by atoms with E-state index in [1.165, 1.54) is 21.2 Å². The zero-order valence-corrected chi connectivity index (χ0v) is 15.9. The fraction of sp³-hybridized carbons (Fsp3) is 0.389. The average molecular weight is 379 g/mol. The average Bonchev–Trinajstić information content (AvgIpc) is 3.18. The van der Waals surface area contributed by atoms with Crippen LogP contribution in [0.25, 0.3) is 0 Å². The molecule has 0 bridgehead atoms. The Labute approximate surface area is 152 Å². The molecule has 25 heavy (non-hydrogen) atoms. The summed E-state index contributed by atoms with van der Waals surface area (Å²) in [6.45, 7) is 4.40. The van der Waals surface area contributed by atoms with Crippen LogP contribution in [-0.2, 0) is 16.4 Å². The first-order valence-electron chi connectivity index (χ1n) is 8.39. The minimum atomic E-state index is -3.39. The van der Waals surface area contributed by atoms with E-state index in [4.69, 9.17) is 0 Å². The smallest absolute Gasteiger partial charge is 0.252 e. The van der Waals surface area contributed by atoms with Crippen molar-refractivity contribution in [2.45, 2.75) is 17.6 Å². The van der Waals surface area contributed by atoms with Crippen molar-refractivity contribution in [2.75, 3.05) is 32.7 Å². The third-order valence-electron chi connectivity index (χ3n) is 4.47. The van der Waals surface area contributed by atoms with Crippen LogP contribution in [0.3, 0.4) is 0 Å². The minimum Gasteiger partial charge on any atom is -0.293 e. The molecule has 2 heterocycles. The molecule has 5 nitrogen and oxygen atoms in total. The van der Waals surface area contributed by atoms with Gasteiger partial charge in [-0.3, -0.25) is 9.69 Å². The Balaban J connectivity index is 1.56. The Morgan fingerprint density at radius 3 is 2.32 bits per heavy atom. The number of Topliss-reactive ketones (excluding diaryl/α,β-unsaturated/α-hetero) is 1.